The van der Waals surface area contributed by atoms with Gasteiger partial charge < -0.3 is 68.6 Å². The van der Waals surface area contributed by atoms with Crippen molar-refractivity contribution in [3.63, 3.8) is 0 Å². The molecule has 420 valence electrons. The normalized spacial score (nSPS) is 37.5. The Hall–Kier alpha value is -3.78. The summed E-state index contributed by atoms with van der Waals surface area (Å²) < 4.78 is 40.1. The number of likely N-dealkylation sites (N-methyl/N-ethyl adjacent to an activating group) is 2. The number of nitro benzene ring substituents is 1. The van der Waals surface area contributed by atoms with Gasteiger partial charge in [0.25, 0.3) is 5.69 Å². The molecule has 17 atom stereocenters. The SMILES string of the molecule is CC[C@H]1OC(=O)[C@H](C)[C@@H](O[C@H]2C[C@@](C)(OC)[C@@H](O)[C@H](C)O2)[C@H](C)[C@@H](O[C@@H]2O[C@H](C)C[C@H](N(C)CCc3cn(CCc4ccc([N+](=O)[O-])cc4)nn3)[C@H]2O)[C@](C)(O)CC/C(=N\OCCN(C)C)[C@H](C)[C@@H](O)[C@@]1(O)CC. The number of nitro groups is 1. The summed E-state index contributed by atoms with van der Waals surface area (Å²) >= 11 is 0. The Morgan fingerprint density at radius 1 is 0.959 bits per heavy atom. The fourth-order valence-corrected chi connectivity index (χ4v) is 10.6. The number of nitrogens with zero attached hydrogens (tertiary/aromatic N) is 7. The van der Waals surface area contributed by atoms with E-state index >= 15 is 0 Å². The number of aromatic nitrogens is 3. The van der Waals surface area contributed by atoms with Crippen LogP contribution < -0.4 is 0 Å². The third-order valence-electron chi connectivity index (χ3n) is 15.8. The highest BCUT2D eigenvalue weighted by molar-refractivity contribution is 5.86. The van der Waals surface area contributed by atoms with Crippen LogP contribution in [-0.4, -0.2) is 199 Å². The van der Waals surface area contributed by atoms with Gasteiger partial charge in [-0.25, -0.2) is 0 Å². The van der Waals surface area contributed by atoms with Crippen LogP contribution in [0.5, 0.6) is 0 Å². The molecule has 5 N–H and O–H groups in total. The molecular formula is C52H87N7O15. The molecule has 1 aromatic heterocycles. The highest BCUT2D eigenvalue weighted by Crippen LogP contribution is 2.41. The number of carbonyl (C=O) groups is 1. The quantitative estimate of drug-likeness (QED) is 0.0581. The maximum Gasteiger partial charge on any atom is 0.311 e. The summed E-state index contributed by atoms with van der Waals surface area (Å²) in [5, 5.41) is 85.0. The number of aryl methyl sites for hydroxylation is 2. The van der Waals surface area contributed by atoms with Crippen molar-refractivity contribution in [1.29, 1.82) is 0 Å². The van der Waals surface area contributed by atoms with Crippen LogP contribution in [0.4, 0.5) is 5.69 Å². The van der Waals surface area contributed by atoms with Gasteiger partial charge in [-0.15, -0.1) is 5.10 Å². The summed E-state index contributed by atoms with van der Waals surface area (Å²) in [6, 6.07) is 5.94. The summed E-state index contributed by atoms with van der Waals surface area (Å²) in [6.45, 7) is 17.3. The Morgan fingerprint density at radius 2 is 1.65 bits per heavy atom. The van der Waals surface area contributed by atoms with Gasteiger partial charge in [0.2, 0.25) is 0 Å². The van der Waals surface area contributed by atoms with Gasteiger partial charge in [0.1, 0.15) is 30.5 Å². The minimum atomic E-state index is -1.92. The third kappa shape index (κ3) is 15.0. The van der Waals surface area contributed by atoms with Gasteiger partial charge in [-0.2, -0.15) is 0 Å². The van der Waals surface area contributed by atoms with Gasteiger partial charge in [0.05, 0.1) is 64.0 Å². The number of hydrogen-bond acceptors (Lipinski definition) is 20. The lowest BCUT2D eigenvalue weighted by Gasteiger charge is -2.49. The van der Waals surface area contributed by atoms with E-state index < -0.39 is 113 Å². The molecule has 3 aliphatic rings. The number of oxime groups is 1. The Morgan fingerprint density at radius 3 is 2.27 bits per heavy atom. The number of methoxy groups -OCH3 is 1. The topological polar surface area (TPSA) is 276 Å². The van der Waals surface area contributed by atoms with Crippen molar-refractivity contribution in [3.05, 3.63) is 51.8 Å². The van der Waals surface area contributed by atoms with Crippen molar-refractivity contribution in [3.8, 4) is 0 Å². The maximum absolute atomic E-state index is 14.6. The molecule has 0 unspecified atom stereocenters. The molecule has 0 aliphatic carbocycles. The number of non-ortho nitro benzene ring substituents is 1. The van der Waals surface area contributed by atoms with E-state index in [4.69, 9.17) is 33.3 Å². The van der Waals surface area contributed by atoms with Crippen molar-refractivity contribution in [2.24, 2.45) is 22.9 Å². The summed E-state index contributed by atoms with van der Waals surface area (Å²) in [5.74, 6) is -3.56. The molecule has 0 radical (unpaired) electrons. The zero-order valence-electron chi connectivity index (χ0n) is 45.9. The van der Waals surface area contributed by atoms with E-state index in [2.05, 4.69) is 15.5 Å². The second-order valence-electron chi connectivity index (χ2n) is 21.7. The van der Waals surface area contributed by atoms with Crippen molar-refractivity contribution in [2.75, 3.05) is 47.9 Å². The predicted molar refractivity (Wildman–Crippen MR) is 273 cm³/mol. The smallest absolute Gasteiger partial charge is 0.311 e. The molecule has 2 aromatic rings. The van der Waals surface area contributed by atoms with Crippen molar-refractivity contribution in [2.45, 2.75) is 204 Å². The molecule has 0 bridgehead atoms. The van der Waals surface area contributed by atoms with E-state index in [9.17, 15) is 40.4 Å². The Labute approximate surface area is 436 Å². The van der Waals surface area contributed by atoms with E-state index in [1.54, 1.807) is 72.2 Å². The van der Waals surface area contributed by atoms with Crippen LogP contribution in [0.15, 0.2) is 35.6 Å². The number of rotatable bonds is 19. The molecule has 0 amide bonds. The highest BCUT2D eigenvalue weighted by Gasteiger charge is 2.53. The Balaban J connectivity index is 1.47. The standard InChI is InChI=1S/C52H87N7O15/c1-14-41-52(65,15-2)45(61)32(4)39(54-69-27-26-56(10)11)20-23-50(8,64)47(33(5)44(34(6)48(63)72-41)73-42-29-51(9,68-13)46(62)35(7)71-42)74-49-43(60)40(28-31(3)70-49)57(12)24-22-37-30-58(55-53-37)25-21-36-16-18-38(19-17-36)59(66)67/h16-19,30-35,40-47,49,60-62,64-65H,14-15,20-29H2,1-13H3/b54-39+/t31-,32+,33+,34-,35+,40+,41-,42+,43-,44+,45-,46+,47-,49+,50-,51-,52-/m1/s1. The molecule has 0 spiro atoms. The van der Waals surface area contributed by atoms with Crippen LogP contribution in [-0.2, 0) is 57.4 Å². The first-order valence-corrected chi connectivity index (χ1v) is 26.3. The summed E-state index contributed by atoms with van der Waals surface area (Å²) in [4.78, 5) is 35.0. The molecule has 3 saturated heterocycles. The summed E-state index contributed by atoms with van der Waals surface area (Å²) in [5.41, 5.74) is -2.75. The van der Waals surface area contributed by atoms with Crippen LogP contribution in [0.2, 0.25) is 0 Å². The fraction of sp³-hybridized carbons (Fsp3) is 0.808. The largest absolute Gasteiger partial charge is 0.459 e. The van der Waals surface area contributed by atoms with Crippen LogP contribution >= 0.6 is 0 Å². The van der Waals surface area contributed by atoms with Gasteiger partial charge in [0, 0.05) is 75.8 Å². The van der Waals surface area contributed by atoms with Crippen molar-refractivity contribution < 1.29 is 68.5 Å². The molecule has 3 aliphatic heterocycles. The van der Waals surface area contributed by atoms with Gasteiger partial charge in [-0.1, -0.05) is 50.2 Å². The minimum absolute atomic E-state index is 0.0244. The van der Waals surface area contributed by atoms with Gasteiger partial charge in [0.15, 0.2) is 12.6 Å². The van der Waals surface area contributed by atoms with Crippen molar-refractivity contribution >= 4 is 17.4 Å². The van der Waals surface area contributed by atoms with Crippen molar-refractivity contribution in [1.82, 2.24) is 24.8 Å². The number of hydrogen-bond donors (Lipinski definition) is 5. The molecule has 0 saturated carbocycles. The first-order valence-electron chi connectivity index (χ1n) is 26.3. The number of carbonyl (C=O) groups excluding carboxylic acids is 1. The average molecular weight is 1050 g/mol. The molecule has 74 heavy (non-hydrogen) atoms. The van der Waals surface area contributed by atoms with Crippen LogP contribution in [0.3, 0.4) is 0 Å². The number of esters is 1. The lowest BCUT2D eigenvalue weighted by Crippen LogP contribution is -2.61. The van der Waals surface area contributed by atoms with E-state index in [0.717, 1.165) is 11.3 Å². The number of ether oxygens (including phenoxy) is 6. The average Bonchev–Trinajstić information content (AvgIpc) is 3.83. The predicted octanol–water partition coefficient (Wildman–Crippen LogP) is 3.65. The van der Waals surface area contributed by atoms with E-state index in [1.807, 2.05) is 44.1 Å². The molecule has 22 heteroatoms. The highest BCUT2D eigenvalue weighted by atomic mass is 16.7. The van der Waals surface area contributed by atoms with Crippen LogP contribution in [0, 0.1) is 27.9 Å². The van der Waals surface area contributed by atoms with Gasteiger partial charge in [-0.05, 0) is 99.9 Å². The van der Waals surface area contributed by atoms with Gasteiger partial charge >= 0.3 is 5.97 Å². The minimum Gasteiger partial charge on any atom is -0.459 e. The van der Waals surface area contributed by atoms with E-state index in [-0.39, 0.29) is 44.4 Å². The summed E-state index contributed by atoms with van der Waals surface area (Å²) in [7, 11) is 7.18. The second-order valence-corrected chi connectivity index (χ2v) is 21.7. The van der Waals surface area contributed by atoms with E-state index in [1.165, 1.54) is 19.2 Å². The monoisotopic (exact) mass is 1050 g/mol. The fourth-order valence-electron chi connectivity index (χ4n) is 10.6. The van der Waals surface area contributed by atoms with Gasteiger partial charge in [-0.3, -0.25) is 19.6 Å². The molecular weight excluding hydrogens is 963 g/mol. The molecule has 22 nitrogen and oxygen atoms in total. The molecule has 5 rings (SSSR count). The third-order valence-corrected chi connectivity index (χ3v) is 15.8. The zero-order chi connectivity index (χ0) is 54.9. The van der Waals surface area contributed by atoms with Crippen LogP contribution in [0.25, 0.3) is 0 Å². The lowest BCUT2D eigenvalue weighted by atomic mass is 9.75. The molecule has 3 fully saturated rings. The molecule has 1 aromatic carbocycles. The second kappa shape index (κ2) is 26.5. The Kier molecular flexibility index (Phi) is 21.9. The number of aliphatic hydroxyl groups is 5. The maximum atomic E-state index is 14.6. The lowest BCUT2D eigenvalue weighted by molar-refractivity contribution is -0.384. The molecule has 4 heterocycles. The number of aliphatic hydroxyl groups excluding tert-OH is 3. The first kappa shape index (κ1) is 61.1. The number of benzene rings is 1. The van der Waals surface area contributed by atoms with Crippen LogP contribution in [0.1, 0.15) is 112 Å². The number of cyclic esters (lactones) is 1. The first-order chi connectivity index (χ1) is 34.8. The van der Waals surface area contributed by atoms with E-state index in [0.29, 0.717) is 44.6 Å². The summed E-state index contributed by atoms with van der Waals surface area (Å²) in [6.07, 6.45) is -6.97. The zero-order valence-corrected chi connectivity index (χ0v) is 45.9. The Bertz CT molecular complexity index is 2110.